The van der Waals surface area contributed by atoms with Crippen LogP contribution in [0, 0.1) is 17.6 Å². The first-order valence-electron chi connectivity index (χ1n) is 7.35. The Balaban J connectivity index is 2.22. The van der Waals surface area contributed by atoms with E-state index < -0.39 is 11.6 Å². The molecular weight excluding hydrogens is 244 g/mol. The second-order valence-electron chi connectivity index (χ2n) is 5.51. The topological polar surface area (TPSA) is 12.0 Å². The molecule has 1 aromatic carbocycles. The molecule has 1 aliphatic rings. The van der Waals surface area contributed by atoms with Gasteiger partial charge in [0.15, 0.2) is 0 Å². The number of hydrogen-bond donors (Lipinski definition) is 1. The molecule has 0 saturated heterocycles. The zero-order chi connectivity index (χ0) is 13.7. The molecule has 1 fully saturated rings. The molecule has 1 unspecified atom stereocenters. The van der Waals surface area contributed by atoms with Gasteiger partial charge in [0.1, 0.15) is 11.6 Å². The van der Waals surface area contributed by atoms with E-state index in [4.69, 9.17) is 0 Å². The van der Waals surface area contributed by atoms with Crippen molar-refractivity contribution in [2.45, 2.75) is 51.0 Å². The molecule has 1 nitrogen and oxygen atoms in total. The van der Waals surface area contributed by atoms with E-state index in [1.165, 1.54) is 50.3 Å². The van der Waals surface area contributed by atoms with Gasteiger partial charge >= 0.3 is 0 Å². The van der Waals surface area contributed by atoms with E-state index in [0.29, 0.717) is 5.92 Å². The Morgan fingerprint density at radius 3 is 2.05 bits per heavy atom. The fourth-order valence-corrected chi connectivity index (χ4v) is 3.24. The van der Waals surface area contributed by atoms with Crippen LogP contribution in [0.4, 0.5) is 8.78 Å². The summed E-state index contributed by atoms with van der Waals surface area (Å²) in [7, 11) is 1.80. The predicted octanol–water partition coefficient (Wildman–Crippen LogP) is 4.59. The quantitative estimate of drug-likeness (QED) is 0.845. The van der Waals surface area contributed by atoms with Gasteiger partial charge in [0.2, 0.25) is 0 Å². The Morgan fingerprint density at radius 2 is 1.53 bits per heavy atom. The largest absolute Gasteiger partial charge is 0.313 e. The summed E-state index contributed by atoms with van der Waals surface area (Å²) in [5, 5.41) is 3.14. The van der Waals surface area contributed by atoms with Crippen LogP contribution in [-0.2, 0) is 0 Å². The molecular formula is C16H23F2N. The Labute approximate surface area is 114 Å². The SMILES string of the molecule is CNC(c1c(F)cccc1F)C1CCCCCCC1. The van der Waals surface area contributed by atoms with Gasteiger partial charge < -0.3 is 5.32 Å². The molecule has 1 saturated carbocycles. The molecule has 0 radical (unpaired) electrons. The Kier molecular flexibility index (Phi) is 5.32. The smallest absolute Gasteiger partial charge is 0.130 e. The monoisotopic (exact) mass is 267 g/mol. The van der Waals surface area contributed by atoms with Crippen molar-refractivity contribution in [3.8, 4) is 0 Å². The van der Waals surface area contributed by atoms with E-state index in [-0.39, 0.29) is 11.6 Å². The van der Waals surface area contributed by atoms with E-state index in [1.54, 1.807) is 7.05 Å². The molecule has 19 heavy (non-hydrogen) atoms. The van der Waals surface area contributed by atoms with Crippen LogP contribution in [0.2, 0.25) is 0 Å². The summed E-state index contributed by atoms with van der Waals surface area (Å²) in [4.78, 5) is 0. The third-order valence-corrected chi connectivity index (χ3v) is 4.24. The van der Waals surface area contributed by atoms with E-state index in [2.05, 4.69) is 5.32 Å². The van der Waals surface area contributed by atoms with Crippen molar-refractivity contribution in [2.24, 2.45) is 5.92 Å². The van der Waals surface area contributed by atoms with Gasteiger partial charge in [-0.15, -0.1) is 0 Å². The maximum absolute atomic E-state index is 13.9. The van der Waals surface area contributed by atoms with E-state index in [0.717, 1.165) is 12.8 Å². The fraction of sp³-hybridized carbons (Fsp3) is 0.625. The molecule has 1 aliphatic carbocycles. The first kappa shape index (κ1) is 14.4. The lowest BCUT2D eigenvalue weighted by Crippen LogP contribution is -2.28. The predicted molar refractivity (Wildman–Crippen MR) is 74.0 cm³/mol. The van der Waals surface area contributed by atoms with Crippen LogP contribution in [0.15, 0.2) is 18.2 Å². The molecule has 106 valence electrons. The number of nitrogens with one attached hydrogen (secondary N) is 1. The molecule has 1 aromatic rings. The van der Waals surface area contributed by atoms with Gasteiger partial charge in [0, 0.05) is 11.6 Å². The van der Waals surface area contributed by atoms with Crippen LogP contribution in [0.5, 0.6) is 0 Å². The highest BCUT2D eigenvalue weighted by atomic mass is 19.1. The highest BCUT2D eigenvalue weighted by Gasteiger charge is 2.27. The van der Waals surface area contributed by atoms with Crippen LogP contribution >= 0.6 is 0 Å². The van der Waals surface area contributed by atoms with Crippen LogP contribution in [-0.4, -0.2) is 7.05 Å². The van der Waals surface area contributed by atoms with Crippen LogP contribution < -0.4 is 5.32 Å². The first-order chi connectivity index (χ1) is 9.24. The highest BCUT2D eigenvalue weighted by Crippen LogP contribution is 2.34. The lowest BCUT2D eigenvalue weighted by atomic mass is 9.82. The van der Waals surface area contributed by atoms with Crippen molar-refractivity contribution >= 4 is 0 Å². The molecule has 2 rings (SSSR count). The molecule has 0 spiro atoms. The molecule has 1 atom stereocenters. The lowest BCUT2D eigenvalue weighted by molar-refractivity contribution is 0.288. The summed E-state index contributed by atoms with van der Waals surface area (Å²) in [6.45, 7) is 0. The van der Waals surface area contributed by atoms with Crippen molar-refractivity contribution in [1.82, 2.24) is 5.32 Å². The molecule has 0 amide bonds. The standard InChI is InChI=1S/C16H23F2N/c1-19-16(12-8-5-3-2-4-6-9-12)15-13(17)10-7-11-14(15)18/h7,10-12,16,19H,2-6,8-9H2,1H3. The molecule has 3 heteroatoms. The molecule has 0 bridgehead atoms. The van der Waals surface area contributed by atoms with E-state index in [1.807, 2.05) is 0 Å². The maximum Gasteiger partial charge on any atom is 0.130 e. The Bertz CT molecular complexity index is 377. The zero-order valence-corrected chi connectivity index (χ0v) is 11.6. The highest BCUT2D eigenvalue weighted by molar-refractivity contribution is 5.24. The van der Waals surface area contributed by atoms with E-state index >= 15 is 0 Å². The average molecular weight is 267 g/mol. The summed E-state index contributed by atoms with van der Waals surface area (Å²) in [5.41, 5.74) is 0.218. The van der Waals surface area contributed by atoms with Crippen molar-refractivity contribution in [2.75, 3.05) is 7.05 Å². The van der Waals surface area contributed by atoms with Crippen LogP contribution in [0.25, 0.3) is 0 Å². The molecule has 0 heterocycles. The van der Waals surface area contributed by atoms with Gasteiger partial charge in [0.25, 0.3) is 0 Å². The molecule has 1 N–H and O–H groups in total. The number of benzene rings is 1. The fourth-order valence-electron chi connectivity index (χ4n) is 3.24. The minimum Gasteiger partial charge on any atom is -0.313 e. The number of hydrogen-bond acceptors (Lipinski definition) is 1. The lowest BCUT2D eigenvalue weighted by Gasteiger charge is -2.29. The van der Waals surface area contributed by atoms with Gasteiger partial charge in [-0.2, -0.15) is 0 Å². The van der Waals surface area contributed by atoms with E-state index in [9.17, 15) is 8.78 Å². The molecule has 0 aromatic heterocycles. The summed E-state index contributed by atoms with van der Waals surface area (Å²) < 4.78 is 27.9. The number of halogens is 2. The van der Waals surface area contributed by atoms with Crippen molar-refractivity contribution in [3.05, 3.63) is 35.4 Å². The third-order valence-electron chi connectivity index (χ3n) is 4.24. The van der Waals surface area contributed by atoms with Crippen molar-refractivity contribution in [1.29, 1.82) is 0 Å². The van der Waals surface area contributed by atoms with Crippen LogP contribution in [0.3, 0.4) is 0 Å². The zero-order valence-electron chi connectivity index (χ0n) is 11.6. The third kappa shape index (κ3) is 3.53. The van der Waals surface area contributed by atoms with Gasteiger partial charge in [0.05, 0.1) is 0 Å². The first-order valence-corrected chi connectivity index (χ1v) is 7.35. The minimum atomic E-state index is -0.429. The summed E-state index contributed by atoms with van der Waals surface area (Å²) in [5.74, 6) is -0.528. The normalized spacial score (nSPS) is 19.7. The Morgan fingerprint density at radius 1 is 1.00 bits per heavy atom. The summed E-state index contributed by atoms with van der Waals surface area (Å²) >= 11 is 0. The van der Waals surface area contributed by atoms with Gasteiger partial charge in [-0.1, -0.05) is 38.2 Å². The minimum absolute atomic E-state index is 0.209. The second kappa shape index (κ2) is 6.99. The molecule has 0 aliphatic heterocycles. The summed E-state index contributed by atoms with van der Waals surface area (Å²) in [6.07, 6.45) is 8.22. The van der Waals surface area contributed by atoms with Gasteiger partial charge in [-0.05, 0) is 37.9 Å². The second-order valence-corrected chi connectivity index (χ2v) is 5.51. The maximum atomic E-state index is 13.9. The van der Waals surface area contributed by atoms with Gasteiger partial charge in [-0.25, -0.2) is 8.78 Å². The van der Waals surface area contributed by atoms with Crippen molar-refractivity contribution < 1.29 is 8.78 Å². The van der Waals surface area contributed by atoms with Crippen molar-refractivity contribution in [3.63, 3.8) is 0 Å². The average Bonchev–Trinajstić information content (AvgIpc) is 2.35. The Hall–Kier alpha value is -0.960. The van der Waals surface area contributed by atoms with Gasteiger partial charge in [-0.3, -0.25) is 0 Å². The number of rotatable bonds is 3. The summed E-state index contributed by atoms with van der Waals surface area (Å²) in [6, 6.07) is 3.93. The van der Waals surface area contributed by atoms with Crippen LogP contribution in [0.1, 0.15) is 56.6 Å².